The first kappa shape index (κ1) is 16.0. The highest BCUT2D eigenvalue weighted by Crippen LogP contribution is 2.44. The Balaban J connectivity index is 2.28. The molecule has 0 spiro atoms. The first-order valence-corrected chi connectivity index (χ1v) is 8.41. The van der Waals surface area contributed by atoms with Crippen molar-refractivity contribution in [2.24, 2.45) is 17.8 Å². The van der Waals surface area contributed by atoms with Crippen molar-refractivity contribution in [3.8, 4) is 0 Å². The summed E-state index contributed by atoms with van der Waals surface area (Å²) in [6.07, 6.45) is 3.58. The maximum atomic E-state index is 14.3. The van der Waals surface area contributed by atoms with Crippen LogP contribution >= 0.6 is 15.9 Å². The lowest BCUT2D eigenvalue weighted by molar-refractivity contribution is 0.190. The van der Waals surface area contributed by atoms with Crippen LogP contribution in [-0.4, -0.2) is 13.6 Å². The molecular weight excluding hydrogens is 317 g/mol. The zero-order valence-corrected chi connectivity index (χ0v) is 14.2. The van der Waals surface area contributed by atoms with Gasteiger partial charge in [0, 0.05) is 4.47 Å². The summed E-state index contributed by atoms with van der Waals surface area (Å²) in [5, 5.41) is 3.28. The fraction of sp³-hybridized carbons (Fsp3) is 0.647. The summed E-state index contributed by atoms with van der Waals surface area (Å²) in [7, 11) is 1.99. The van der Waals surface area contributed by atoms with Crippen molar-refractivity contribution in [1.82, 2.24) is 5.32 Å². The molecular formula is C17H25BrFN. The zero-order chi connectivity index (χ0) is 14.7. The van der Waals surface area contributed by atoms with Crippen molar-refractivity contribution in [2.45, 2.75) is 39.0 Å². The van der Waals surface area contributed by atoms with Crippen molar-refractivity contribution in [3.63, 3.8) is 0 Å². The first-order chi connectivity index (χ1) is 9.52. The third kappa shape index (κ3) is 3.62. The number of benzene rings is 1. The van der Waals surface area contributed by atoms with E-state index in [0.717, 1.165) is 23.0 Å². The highest BCUT2D eigenvalue weighted by atomic mass is 79.9. The predicted octanol–water partition coefficient (Wildman–Crippen LogP) is 4.96. The minimum absolute atomic E-state index is 0.0521. The van der Waals surface area contributed by atoms with Crippen molar-refractivity contribution >= 4 is 15.9 Å². The van der Waals surface area contributed by atoms with Gasteiger partial charge in [0.05, 0.1) is 0 Å². The van der Waals surface area contributed by atoms with Crippen molar-refractivity contribution in [2.75, 3.05) is 13.6 Å². The standard InChI is InChI=1S/C17H25BrFN/c1-11(2)12-4-5-13(10-20-3)15(8-12)16-9-14(18)6-7-17(16)19/h6-7,9,11-13,15,20H,4-5,8,10H2,1-3H3. The third-order valence-corrected chi connectivity index (χ3v) is 5.29. The highest BCUT2D eigenvalue weighted by Gasteiger charge is 2.33. The number of nitrogens with one attached hydrogen (secondary N) is 1. The lowest BCUT2D eigenvalue weighted by atomic mass is 9.68. The Kier molecular flexibility index (Phi) is 5.62. The van der Waals surface area contributed by atoms with Gasteiger partial charge in [-0.1, -0.05) is 29.8 Å². The normalized spacial score (nSPS) is 27.0. The highest BCUT2D eigenvalue weighted by molar-refractivity contribution is 9.10. The Labute approximate surface area is 130 Å². The molecule has 1 aromatic rings. The largest absolute Gasteiger partial charge is 0.319 e. The van der Waals surface area contributed by atoms with Gasteiger partial charge in [-0.05, 0) is 80.3 Å². The molecule has 1 aliphatic carbocycles. The maximum absolute atomic E-state index is 14.3. The zero-order valence-electron chi connectivity index (χ0n) is 12.6. The molecule has 1 nitrogen and oxygen atoms in total. The van der Waals surface area contributed by atoms with E-state index in [0.29, 0.717) is 23.7 Å². The van der Waals surface area contributed by atoms with Gasteiger partial charge in [-0.3, -0.25) is 0 Å². The smallest absolute Gasteiger partial charge is 0.126 e. The second-order valence-electron chi connectivity index (χ2n) is 6.41. The summed E-state index contributed by atoms with van der Waals surface area (Å²) in [5.41, 5.74) is 0.893. The molecule has 0 bridgehead atoms. The summed E-state index contributed by atoms with van der Waals surface area (Å²) in [6.45, 7) is 5.55. The minimum Gasteiger partial charge on any atom is -0.319 e. The van der Waals surface area contributed by atoms with Crippen LogP contribution in [0, 0.1) is 23.6 Å². The van der Waals surface area contributed by atoms with E-state index in [9.17, 15) is 4.39 Å². The van der Waals surface area contributed by atoms with Gasteiger partial charge >= 0.3 is 0 Å². The van der Waals surface area contributed by atoms with Gasteiger partial charge in [-0.2, -0.15) is 0 Å². The summed E-state index contributed by atoms with van der Waals surface area (Å²) in [4.78, 5) is 0. The monoisotopic (exact) mass is 341 g/mol. The van der Waals surface area contributed by atoms with E-state index in [2.05, 4.69) is 35.1 Å². The number of halogens is 2. The summed E-state index contributed by atoms with van der Waals surface area (Å²) >= 11 is 3.48. The van der Waals surface area contributed by atoms with E-state index in [4.69, 9.17) is 0 Å². The fourth-order valence-electron chi connectivity index (χ4n) is 3.56. The molecule has 3 heteroatoms. The van der Waals surface area contributed by atoms with E-state index in [1.54, 1.807) is 12.1 Å². The van der Waals surface area contributed by atoms with Crippen molar-refractivity contribution in [3.05, 3.63) is 34.1 Å². The van der Waals surface area contributed by atoms with Crippen LogP contribution in [-0.2, 0) is 0 Å². The van der Waals surface area contributed by atoms with Crippen LogP contribution in [0.4, 0.5) is 4.39 Å². The van der Waals surface area contributed by atoms with Crippen LogP contribution < -0.4 is 5.32 Å². The van der Waals surface area contributed by atoms with Gasteiger partial charge in [-0.25, -0.2) is 4.39 Å². The Morgan fingerprint density at radius 2 is 2.10 bits per heavy atom. The quantitative estimate of drug-likeness (QED) is 0.815. The Morgan fingerprint density at radius 1 is 1.35 bits per heavy atom. The fourth-order valence-corrected chi connectivity index (χ4v) is 3.94. The lowest BCUT2D eigenvalue weighted by Gasteiger charge is -2.38. The van der Waals surface area contributed by atoms with Crippen LogP contribution in [0.25, 0.3) is 0 Å². The van der Waals surface area contributed by atoms with E-state index >= 15 is 0 Å². The van der Waals surface area contributed by atoms with Crippen LogP contribution in [0.15, 0.2) is 22.7 Å². The molecule has 0 aliphatic heterocycles. The van der Waals surface area contributed by atoms with Gasteiger partial charge < -0.3 is 5.32 Å². The summed E-state index contributed by atoms with van der Waals surface area (Å²) in [6, 6.07) is 5.36. The molecule has 112 valence electrons. The molecule has 1 aliphatic rings. The molecule has 1 fully saturated rings. The molecule has 2 rings (SSSR count). The molecule has 3 atom stereocenters. The average molecular weight is 342 g/mol. The minimum atomic E-state index is -0.0521. The molecule has 3 unspecified atom stereocenters. The van der Waals surface area contributed by atoms with Gasteiger partial charge in [-0.15, -0.1) is 0 Å². The predicted molar refractivity (Wildman–Crippen MR) is 86.4 cm³/mol. The molecule has 20 heavy (non-hydrogen) atoms. The molecule has 0 saturated heterocycles. The SMILES string of the molecule is CNCC1CCC(C(C)C)CC1c1cc(Br)ccc1F. The number of hydrogen-bond donors (Lipinski definition) is 1. The van der Waals surface area contributed by atoms with Gasteiger partial charge in [0.25, 0.3) is 0 Å². The number of rotatable bonds is 4. The molecule has 1 N–H and O–H groups in total. The molecule has 0 aromatic heterocycles. The lowest BCUT2D eigenvalue weighted by Crippen LogP contribution is -2.32. The maximum Gasteiger partial charge on any atom is 0.126 e. The van der Waals surface area contributed by atoms with Gasteiger partial charge in [0.15, 0.2) is 0 Å². The van der Waals surface area contributed by atoms with Crippen LogP contribution in [0.5, 0.6) is 0 Å². The Bertz CT molecular complexity index is 447. The van der Waals surface area contributed by atoms with E-state index in [1.807, 2.05) is 13.1 Å². The molecule has 0 amide bonds. The van der Waals surface area contributed by atoms with Crippen molar-refractivity contribution < 1.29 is 4.39 Å². The topological polar surface area (TPSA) is 12.0 Å². The van der Waals surface area contributed by atoms with E-state index in [1.165, 1.54) is 12.8 Å². The molecule has 0 radical (unpaired) electrons. The first-order valence-electron chi connectivity index (χ1n) is 7.62. The average Bonchev–Trinajstić information content (AvgIpc) is 2.42. The Hall–Kier alpha value is -0.410. The second kappa shape index (κ2) is 7.04. The van der Waals surface area contributed by atoms with Crippen molar-refractivity contribution in [1.29, 1.82) is 0 Å². The molecule has 0 heterocycles. The number of hydrogen-bond acceptors (Lipinski definition) is 1. The van der Waals surface area contributed by atoms with Gasteiger partial charge in [0.1, 0.15) is 5.82 Å². The second-order valence-corrected chi connectivity index (χ2v) is 7.32. The third-order valence-electron chi connectivity index (χ3n) is 4.80. The van der Waals surface area contributed by atoms with Gasteiger partial charge in [0.2, 0.25) is 0 Å². The summed E-state index contributed by atoms with van der Waals surface area (Å²) < 4.78 is 15.2. The van der Waals surface area contributed by atoms with E-state index < -0.39 is 0 Å². The van der Waals surface area contributed by atoms with E-state index in [-0.39, 0.29) is 5.82 Å². The molecule has 1 saturated carbocycles. The van der Waals surface area contributed by atoms with Crippen LogP contribution in [0.3, 0.4) is 0 Å². The summed E-state index contributed by atoms with van der Waals surface area (Å²) in [5.74, 6) is 2.22. The Morgan fingerprint density at radius 3 is 2.75 bits per heavy atom. The van der Waals surface area contributed by atoms with Crippen LogP contribution in [0.1, 0.15) is 44.6 Å². The van der Waals surface area contributed by atoms with Crippen LogP contribution in [0.2, 0.25) is 0 Å². The molecule has 1 aromatic carbocycles.